The molecule has 0 aromatic carbocycles. The Labute approximate surface area is 159 Å². The molecule has 0 aliphatic heterocycles. The highest BCUT2D eigenvalue weighted by Gasteiger charge is 2.32. The monoisotopic (exact) mass is 386 g/mol. The molecule has 0 aliphatic rings. The molecule has 0 fully saturated rings. The average molecular weight is 387 g/mol. The van der Waals surface area contributed by atoms with Crippen molar-refractivity contribution in [1.29, 1.82) is 0 Å². The Morgan fingerprint density at radius 2 is 2.04 bits per heavy atom. The summed E-state index contributed by atoms with van der Waals surface area (Å²) >= 11 is 1.38. The van der Waals surface area contributed by atoms with E-state index in [1.54, 1.807) is 20.2 Å². The minimum atomic E-state index is -0.957. The molecule has 1 atom stereocenters. The molecule has 5 nitrogen and oxygen atoms in total. The van der Waals surface area contributed by atoms with Gasteiger partial charge in [-0.05, 0) is 46.0 Å². The molecule has 0 amide bonds. The normalized spacial score (nSPS) is 13.1. The number of nitrogens with zero attached hydrogens (tertiary/aromatic N) is 2. The summed E-state index contributed by atoms with van der Waals surface area (Å²) in [5.41, 5.74) is -0.0104. The fourth-order valence-electron chi connectivity index (χ4n) is 2.09. The van der Waals surface area contributed by atoms with Gasteiger partial charge in [0.05, 0.1) is 12.0 Å². The summed E-state index contributed by atoms with van der Waals surface area (Å²) in [5, 5.41) is 0.595. The molecule has 1 rings (SSSR count). The van der Waals surface area contributed by atoms with Crippen molar-refractivity contribution in [2.45, 2.75) is 65.2 Å². The second-order valence-electron chi connectivity index (χ2n) is 7.48. The van der Waals surface area contributed by atoms with Crippen molar-refractivity contribution in [1.82, 2.24) is 9.55 Å². The van der Waals surface area contributed by atoms with Gasteiger partial charge in [-0.15, -0.1) is 0 Å². The lowest BCUT2D eigenvalue weighted by atomic mass is 9.81. The molecule has 1 aromatic rings. The van der Waals surface area contributed by atoms with E-state index in [0.29, 0.717) is 35.7 Å². The third-order valence-corrected chi connectivity index (χ3v) is 5.90. The summed E-state index contributed by atoms with van der Waals surface area (Å²) in [5.74, 6) is 0.502. The van der Waals surface area contributed by atoms with E-state index in [1.807, 2.05) is 27.7 Å². The maximum Gasteiger partial charge on any atom is 0.311 e. The van der Waals surface area contributed by atoms with Gasteiger partial charge >= 0.3 is 5.97 Å². The number of hydrogen-bond acceptors (Lipinski definition) is 5. The number of carbonyl (C=O) groups excluding carboxylic acids is 1. The zero-order valence-corrected chi connectivity index (χ0v) is 17.5. The first kappa shape index (κ1) is 22.7. The number of ether oxygens (including phenoxy) is 1. The second-order valence-corrected chi connectivity index (χ2v) is 8.54. The van der Waals surface area contributed by atoms with Gasteiger partial charge in [-0.25, -0.2) is 9.37 Å². The molecule has 26 heavy (non-hydrogen) atoms. The van der Waals surface area contributed by atoms with Crippen molar-refractivity contribution < 1.29 is 13.9 Å². The third kappa shape index (κ3) is 6.41. The Morgan fingerprint density at radius 3 is 2.65 bits per heavy atom. The quantitative estimate of drug-likeness (QED) is 0.264. The van der Waals surface area contributed by atoms with Gasteiger partial charge in [-0.1, -0.05) is 25.6 Å². The van der Waals surface area contributed by atoms with E-state index in [1.165, 1.54) is 16.3 Å². The average Bonchev–Trinajstić information content (AvgIpc) is 2.58. The van der Waals surface area contributed by atoms with Crippen LogP contribution in [0, 0.1) is 18.3 Å². The molecule has 1 unspecified atom stereocenters. The zero-order valence-electron chi connectivity index (χ0n) is 16.7. The van der Waals surface area contributed by atoms with Gasteiger partial charge in [0.15, 0.2) is 5.16 Å². The summed E-state index contributed by atoms with van der Waals surface area (Å²) in [6.45, 7) is 9.65. The highest BCUT2D eigenvalue weighted by molar-refractivity contribution is 7.99. The van der Waals surface area contributed by atoms with Gasteiger partial charge in [-0.3, -0.25) is 14.2 Å². The number of esters is 1. The highest BCUT2D eigenvalue weighted by atomic mass is 32.2. The number of thioether (sulfide) groups is 1. The largest absolute Gasteiger partial charge is 0.465 e. The number of hydrogen-bond donors (Lipinski definition) is 0. The number of carbonyl (C=O) groups is 1. The SMILES string of the molecule is Cc1cnc(SCCC(F)CCCOC(=O)C(C)(C)C(C)C)n(C)c1=O. The van der Waals surface area contributed by atoms with Crippen LogP contribution < -0.4 is 5.56 Å². The summed E-state index contributed by atoms with van der Waals surface area (Å²) in [7, 11) is 1.67. The molecule has 0 spiro atoms. The van der Waals surface area contributed by atoms with Crippen molar-refractivity contribution in [2.24, 2.45) is 18.4 Å². The molecule has 0 radical (unpaired) electrons. The summed E-state index contributed by atoms with van der Waals surface area (Å²) in [6, 6.07) is 0. The summed E-state index contributed by atoms with van der Waals surface area (Å²) < 4.78 is 20.8. The van der Waals surface area contributed by atoms with Gasteiger partial charge < -0.3 is 4.74 Å². The summed E-state index contributed by atoms with van der Waals surface area (Å²) in [6.07, 6.45) is 1.83. The van der Waals surface area contributed by atoms with Crippen LogP contribution in [-0.4, -0.2) is 34.1 Å². The molecule has 7 heteroatoms. The van der Waals surface area contributed by atoms with Gasteiger partial charge in [-0.2, -0.15) is 0 Å². The highest BCUT2D eigenvalue weighted by Crippen LogP contribution is 2.27. The van der Waals surface area contributed by atoms with Crippen LogP contribution in [0.2, 0.25) is 0 Å². The zero-order chi connectivity index (χ0) is 19.9. The minimum absolute atomic E-state index is 0.0783. The Balaban J connectivity index is 2.28. The van der Waals surface area contributed by atoms with Crippen molar-refractivity contribution in [2.75, 3.05) is 12.4 Å². The number of halogens is 1. The lowest BCUT2D eigenvalue weighted by Gasteiger charge is -2.26. The van der Waals surface area contributed by atoms with Gasteiger partial charge in [0.2, 0.25) is 0 Å². The molecule has 1 heterocycles. The van der Waals surface area contributed by atoms with Crippen LogP contribution in [0.25, 0.3) is 0 Å². The molecule has 0 N–H and O–H groups in total. The van der Waals surface area contributed by atoms with E-state index in [-0.39, 0.29) is 24.1 Å². The van der Waals surface area contributed by atoms with Crippen molar-refractivity contribution in [3.8, 4) is 0 Å². The predicted octanol–water partition coefficient (Wildman–Crippen LogP) is 3.91. The molecule has 1 aromatic heterocycles. The molecular weight excluding hydrogens is 355 g/mol. The van der Waals surface area contributed by atoms with Gasteiger partial charge in [0.25, 0.3) is 5.56 Å². The van der Waals surface area contributed by atoms with Crippen molar-refractivity contribution in [3.05, 3.63) is 22.1 Å². The van der Waals surface area contributed by atoms with Crippen LogP contribution >= 0.6 is 11.8 Å². The van der Waals surface area contributed by atoms with Gasteiger partial charge in [0, 0.05) is 24.6 Å². The fraction of sp³-hybridized carbons (Fsp3) is 0.737. The van der Waals surface area contributed by atoms with Crippen molar-refractivity contribution >= 4 is 17.7 Å². The van der Waals surface area contributed by atoms with E-state index in [0.717, 1.165) is 0 Å². The Kier molecular flexibility index (Phi) is 8.80. The number of alkyl halides is 1. The standard InChI is InChI=1S/C19H31FN2O3S/c1-13(2)19(4,5)17(24)25-10-7-8-15(20)9-11-26-18-21-12-14(3)16(23)22(18)6/h12-13,15H,7-11H2,1-6H3. The number of aromatic nitrogens is 2. The Hall–Kier alpha value is -1.37. The molecule has 148 valence electrons. The van der Waals surface area contributed by atoms with E-state index >= 15 is 0 Å². The smallest absolute Gasteiger partial charge is 0.311 e. The topological polar surface area (TPSA) is 61.2 Å². The first-order valence-electron chi connectivity index (χ1n) is 9.04. The number of aryl methyl sites for hydroxylation is 1. The molecule has 0 saturated carbocycles. The summed E-state index contributed by atoms with van der Waals surface area (Å²) in [4.78, 5) is 28.0. The van der Waals surface area contributed by atoms with Gasteiger partial charge in [0.1, 0.15) is 6.17 Å². The molecule has 0 bridgehead atoms. The third-order valence-electron chi connectivity index (χ3n) is 4.82. The lowest BCUT2D eigenvalue weighted by Crippen LogP contribution is -2.32. The Morgan fingerprint density at radius 1 is 1.38 bits per heavy atom. The first-order valence-corrected chi connectivity index (χ1v) is 10.0. The van der Waals surface area contributed by atoms with Crippen LogP contribution in [0.5, 0.6) is 0 Å². The van der Waals surface area contributed by atoms with Crippen LogP contribution in [0.4, 0.5) is 4.39 Å². The molecule has 0 saturated heterocycles. The Bertz CT molecular complexity index is 659. The molecule has 0 aliphatic carbocycles. The maximum atomic E-state index is 14.0. The minimum Gasteiger partial charge on any atom is -0.465 e. The first-order chi connectivity index (χ1) is 12.1. The van der Waals surface area contributed by atoms with E-state index in [4.69, 9.17) is 4.74 Å². The lowest BCUT2D eigenvalue weighted by molar-refractivity contribution is -0.156. The fourth-order valence-corrected chi connectivity index (χ4v) is 3.05. The van der Waals surface area contributed by atoms with Crippen LogP contribution in [-0.2, 0) is 16.6 Å². The number of rotatable bonds is 10. The predicted molar refractivity (Wildman–Crippen MR) is 103 cm³/mol. The van der Waals surface area contributed by atoms with Crippen molar-refractivity contribution in [3.63, 3.8) is 0 Å². The maximum absolute atomic E-state index is 14.0. The van der Waals surface area contributed by atoms with Crippen LogP contribution in [0.15, 0.2) is 16.1 Å². The van der Waals surface area contributed by atoms with Crippen LogP contribution in [0.3, 0.4) is 0 Å². The second kappa shape index (κ2) is 10.1. The van der Waals surface area contributed by atoms with E-state index in [9.17, 15) is 14.0 Å². The van der Waals surface area contributed by atoms with E-state index < -0.39 is 11.6 Å². The molecular formula is C19H31FN2O3S. The van der Waals surface area contributed by atoms with E-state index in [2.05, 4.69) is 4.98 Å². The van der Waals surface area contributed by atoms with Crippen LogP contribution in [0.1, 0.15) is 52.5 Å².